The van der Waals surface area contributed by atoms with Crippen LogP contribution in [-0.4, -0.2) is 29.1 Å². The van der Waals surface area contributed by atoms with E-state index in [-0.39, 0.29) is 17.9 Å². The molecule has 1 aromatic rings. The van der Waals surface area contributed by atoms with Crippen LogP contribution in [0.5, 0.6) is 0 Å². The normalized spacial score (nSPS) is 20.2. The number of amides is 1. The standard InChI is InChI=1S/C16H27N3O2/c1-11(2)7-13(10-17)9-16(20)19-6-4-5-14(19)15-8-12(3)18-21-15/h8,11,13-14H,4-7,9-10,17H2,1-3H3. The van der Waals surface area contributed by atoms with Crippen LogP contribution in [-0.2, 0) is 4.79 Å². The minimum absolute atomic E-state index is 0.0520. The number of likely N-dealkylation sites (tertiary alicyclic amines) is 1. The lowest BCUT2D eigenvalue weighted by Gasteiger charge is -2.25. The number of carbonyl (C=O) groups excluding carboxylic acids is 1. The lowest BCUT2D eigenvalue weighted by molar-refractivity contribution is -0.133. The second-order valence-corrected chi connectivity index (χ2v) is 6.55. The van der Waals surface area contributed by atoms with Gasteiger partial charge in [-0.3, -0.25) is 4.79 Å². The third kappa shape index (κ3) is 4.06. The van der Waals surface area contributed by atoms with E-state index in [1.54, 1.807) is 0 Å². The third-order valence-electron chi connectivity index (χ3n) is 4.15. The summed E-state index contributed by atoms with van der Waals surface area (Å²) in [6.45, 7) is 7.62. The van der Waals surface area contributed by atoms with Crippen molar-refractivity contribution in [2.24, 2.45) is 17.6 Å². The molecule has 1 saturated heterocycles. The van der Waals surface area contributed by atoms with Crippen LogP contribution in [0.4, 0.5) is 0 Å². The molecule has 0 aromatic carbocycles. The molecule has 0 radical (unpaired) electrons. The van der Waals surface area contributed by atoms with Gasteiger partial charge in [-0.2, -0.15) is 0 Å². The SMILES string of the molecule is Cc1cc(C2CCCN2C(=O)CC(CN)CC(C)C)on1. The van der Waals surface area contributed by atoms with Crippen LogP contribution >= 0.6 is 0 Å². The molecule has 2 N–H and O–H groups in total. The first kappa shape index (κ1) is 16.0. The Morgan fingerprint density at radius 3 is 2.90 bits per heavy atom. The van der Waals surface area contributed by atoms with Crippen LogP contribution in [0.2, 0.25) is 0 Å². The number of aromatic nitrogens is 1. The van der Waals surface area contributed by atoms with E-state index in [0.29, 0.717) is 18.9 Å². The van der Waals surface area contributed by atoms with Gasteiger partial charge in [0.1, 0.15) is 0 Å². The number of nitrogens with zero attached hydrogens (tertiary/aromatic N) is 2. The van der Waals surface area contributed by atoms with Crippen molar-refractivity contribution in [1.82, 2.24) is 10.1 Å². The van der Waals surface area contributed by atoms with Gasteiger partial charge in [-0.15, -0.1) is 0 Å². The number of nitrogens with two attached hydrogens (primary N) is 1. The first-order valence-electron chi connectivity index (χ1n) is 7.94. The predicted molar refractivity (Wildman–Crippen MR) is 81.5 cm³/mol. The first-order chi connectivity index (χ1) is 10.0. The van der Waals surface area contributed by atoms with E-state index < -0.39 is 0 Å². The van der Waals surface area contributed by atoms with E-state index in [2.05, 4.69) is 19.0 Å². The molecule has 1 aliphatic heterocycles. The van der Waals surface area contributed by atoms with Crippen molar-refractivity contribution < 1.29 is 9.32 Å². The number of aryl methyl sites for hydroxylation is 1. The molecule has 21 heavy (non-hydrogen) atoms. The average molecular weight is 293 g/mol. The van der Waals surface area contributed by atoms with Crippen LogP contribution in [0.1, 0.15) is 57.0 Å². The van der Waals surface area contributed by atoms with Gasteiger partial charge in [0.15, 0.2) is 5.76 Å². The fourth-order valence-corrected chi connectivity index (χ4v) is 3.20. The zero-order valence-electron chi connectivity index (χ0n) is 13.3. The summed E-state index contributed by atoms with van der Waals surface area (Å²) in [7, 11) is 0. The van der Waals surface area contributed by atoms with Gasteiger partial charge in [0.2, 0.25) is 5.91 Å². The zero-order valence-corrected chi connectivity index (χ0v) is 13.3. The molecular formula is C16H27N3O2. The number of carbonyl (C=O) groups is 1. The summed E-state index contributed by atoms with van der Waals surface area (Å²) in [6.07, 6.45) is 3.52. The van der Waals surface area contributed by atoms with Crippen molar-refractivity contribution in [3.8, 4) is 0 Å². The Balaban J connectivity index is 2.00. The van der Waals surface area contributed by atoms with Crippen LogP contribution in [0.25, 0.3) is 0 Å². The summed E-state index contributed by atoms with van der Waals surface area (Å²) in [5.41, 5.74) is 6.68. The molecule has 2 rings (SSSR count). The maximum absolute atomic E-state index is 12.6. The Kier molecular flexibility index (Phi) is 5.39. The Morgan fingerprint density at radius 2 is 2.33 bits per heavy atom. The summed E-state index contributed by atoms with van der Waals surface area (Å²) in [5, 5.41) is 3.94. The number of hydrogen-bond acceptors (Lipinski definition) is 4. The van der Waals surface area contributed by atoms with Gasteiger partial charge >= 0.3 is 0 Å². The Morgan fingerprint density at radius 1 is 1.57 bits per heavy atom. The molecule has 5 nitrogen and oxygen atoms in total. The number of hydrogen-bond donors (Lipinski definition) is 1. The van der Waals surface area contributed by atoms with Crippen molar-refractivity contribution in [3.63, 3.8) is 0 Å². The summed E-state index contributed by atoms with van der Waals surface area (Å²) >= 11 is 0. The number of rotatable bonds is 6. The molecule has 118 valence electrons. The van der Waals surface area contributed by atoms with Gasteiger partial charge in [-0.1, -0.05) is 19.0 Å². The van der Waals surface area contributed by atoms with Crippen molar-refractivity contribution in [2.75, 3.05) is 13.1 Å². The predicted octanol–water partition coefficient (Wildman–Crippen LogP) is 2.66. The lowest BCUT2D eigenvalue weighted by atomic mass is 9.93. The van der Waals surface area contributed by atoms with Crippen molar-refractivity contribution in [1.29, 1.82) is 0 Å². The van der Waals surface area contributed by atoms with Crippen molar-refractivity contribution in [3.05, 3.63) is 17.5 Å². The molecule has 0 spiro atoms. The van der Waals surface area contributed by atoms with E-state index in [1.165, 1.54) is 0 Å². The molecule has 1 amide bonds. The highest BCUT2D eigenvalue weighted by Crippen LogP contribution is 2.33. The summed E-state index contributed by atoms with van der Waals surface area (Å²) in [6, 6.07) is 1.99. The monoisotopic (exact) mass is 293 g/mol. The van der Waals surface area contributed by atoms with Gasteiger partial charge in [0, 0.05) is 19.0 Å². The van der Waals surface area contributed by atoms with Crippen LogP contribution in [0, 0.1) is 18.8 Å². The zero-order chi connectivity index (χ0) is 15.4. The quantitative estimate of drug-likeness (QED) is 0.875. The maximum Gasteiger partial charge on any atom is 0.223 e. The Labute approximate surface area is 126 Å². The second kappa shape index (κ2) is 7.07. The first-order valence-corrected chi connectivity index (χ1v) is 7.94. The maximum atomic E-state index is 12.6. The third-order valence-corrected chi connectivity index (χ3v) is 4.15. The molecule has 1 fully saturated rings. The van der Waals surface area contributed by atoms with Crippen LogP contribution in [0.3, 0.4) is 0 Å². The van der Waals surface area contributed by atoms with E-state index >= 15 is 0 Å². The summed E-state index contributed by atoms with van der Waals surface area (Å²) < 4.78 is 5.36. The molecular weight excluding hydrogens is 266 g/mol. The van der Waals surface area contributed by atoms with Gasteiger partial charge in [0.25, 0.3) is 0 Å². The van der Waals surface area contributed by atoms with E-state index in [4.69, 9.17) is 10.3 Å². The summed E-state index contributed by atoms with van der Waals surface area (Å²) in [4.78, 5) is 14.5. The van der Waals surface area contributed by atoms with Gasteiger partial charge in [-0.05, 0) is 44.6 Å². The summed E-state index contributed by atoms with van der Waals surface area (Å²) in [5.74, 6) is 1.85. The van der Waals surface area contributed by atoms with Gasteiger partial charge in [0.05, 0.1) is 11.7 Å². The smallest absolute Gasteiger partial charge is 0.223 e. The highest BCUT2D eigenvalue weighted by atomic mass is 16.5. The molecule has 2 heterocycles. The highest BCUT2D eigenvalue weighted by molar-refractivity contribution is 5.77. The largest absolute Gasteiger partial charge is 0.359 e. The molecule has 1 aliphatic rings. The van der Waals surface area contributed by atoms with Crippen LogP contribution in [0.15, 0.2) is 10.6 Å². The molecule has 1 aromatic heterocycles. The van der Waals surface area contributed by atoms with E-state index in [1.807, 2.05) is 17.9 Å². The molecule has 0 bridgehead atoms. The minimum Gasteiger partial charge on any atom is -0.359 e. The molecule has 2 unspecified atom stereocenters. The van der Waals surface area contributed by atoms with E-state index in [0.717, 1.165) is 37.3 Å². The van der Waals surface area contributed by atoms with Crippen LogP contribution < -0.4 is 5.73 Å². The highest BCUT2D eigenvalue weighted by Gasteiger charge is 2.33. The Hall–Kier alpha value is -1.36. The van der Waals surface area contributed by atoms with Gasteiger partial charge < -0.3 is 15.2 Å². The van der Waals surface area contributed by atoms with E-state index in [9.17, 15) is 4.79 Å². The topological polar surface area (TPSA) is 72.4 Å². The second-order valence-electron chi connectivity index (χ2n) is 6.55. The van der Waals surface area contributed by atoms with Crippen molar-refractivity contribution in [2.45, 2.75) is 52.5 Å². The minimum atomic E-state index is 0.0520. The molecule has 0 aliphatic carbocycles. The lowest BCUT2D eigenvalue weighted by Crippen LogP contribution is -2.33. The fourth-order valence-electron chi connectivity index (χ4n) is 3.20. The molecule has 0 saturated carbocycles. The molecule has 5 heteroatoms. The Bertz CT molecular complexity index is 470. The fraction of sp³-hybridized carbons (Fsp3) is 0.750. The van der Waals surface area contributed by atoms with Crippen molar-refractivity contribution >= 4 is 5.91 Å². The average Bonchev–Trinajstić information content (AvgIpc) is 3.05. The molecule has 2 atom stereocenters. The van der Waals surface area contributed by atoms with Gasteiger partial charge in [-0.25, -0.2) is 0 Å².